The number of halogens is 1. The minimum atomic E-state index is -3.68. The van der Waals surface area contributed by atoms with Gasteiger partial charge in [0.15, 0.2) is 5.82 Å². The van der Waals surface area contributed by atoms with Gasteiger partial charge in [0.25, 0.3) is 0 Å². The highest BCUT2D eigenvalue weighted by Gasteiger charge is 2.35. The van der Waals surface area contributed by atoms with Gasteiger partial charge in [-0.25, -0.2) is 13.4 Å². The van der Waals surface area contributed by atoms with Crippen LogP contribution in [0.5, 0.6) is 5.75 Å². The Bertz CT molecular complexity index is 714. The summed E-state index contributed by atoms with van der Waals surface area (Å²) in [6.45, 7) is 0.152. The molecule has 1 saturated heterocycles. The molecular weight excluding hydrogens is 318 g/mol. The van der Waals surface area contributed by atoms with E-state index in [4.69, 9.17) is 15.4 Å². The van der Waals surface area contributed by atoms with E-state index in [0.29, 0.717) is 5.75 Å². The van der Waals surface area contributed by atoms with E-state index in [1.165, 1.54) is 24.3 Å². The fourth-order valence-electron chi connectivity index (χ4n) is 2.29. The molecule has 2 heterocycles. The fourth-order valence-corrected chi connectivity index (χ4v) is 3.61. The van der Waals surface area contributed by atoms with E-state index in [1.54, 1.807) is 0 Å². The van der Waals surface area contributed by atoms with E-state index in [-0.39, 0.29) is 36.0 Å². The summed E-state index contributed by atoms with van der Waals surface area (Å²) in [5.74, 6) is -0.514. The smallest absolute Gasteiger partial charge is 0.232 e. The molecule has 1 aromatic rings. The van der Waals surface area contributed by atoms with Gasteiger partial charge >= 0.3 is 0 Å². The van der Waals surface area contributed by atoms with Crippen molar-refractivity contribution in [3.05, 3.63) is 17.8 Å². The third-order valence-electron chi connectivity index (χ3n) is 3.12. The molecule has 0 bridgehead atoms. The van der Waals surface area contributed by atoms with Crippen LogP contribution >= 0.6 is 10.7 Å². The average molecular weight is 330 g/mol. The first kappa shape index (κ1) is 15.5. The summed E-state index contributed by atoms with van der Waals surface area (Å²) in [4.78, 5) is 17.4. The highest BCUT2D eigenvalue weighted by molar-refractivity contribution is 8.13. The number of hydrogen-bond acceptors (Lipinski definition) is 6. The van der Waals surface area contributed by atoms with E-state index in [0.717, 1.165) is 0 Å². The molecule has 0 N–H and O–H groups in total. The average Bonchev–Trinajstić information content (AvgIpc) is 2.75. The van der Waals surface area contributed by atoms with Crippen molar-refractivity contribution >= 4 is 31.5 Å². The number of pyridine rings is 1. The third-order valence-corrected chi connectivity index (χ3v) is 4.37. The van der Waals surface area contributed by atoms with Crippen molar-refractivity contribution in [3.63, 3.8) is 0 Å². The molecule has 2 rings (SSSR count). The standard InChI is InChI=1S/C12H12ClN3O4S/c1-20-10-2-3-15-12(9(10)5-14)16-6-8(4-11(16)17)7-21(13,18)19/h2-3,8H,4,6-7H2,1H3. The minimum Gasteiger partial charge on any atom is -0.495 e. The van der Waals surface area contributed by atoms with Gasteiger partial charge in [-0.15, -0.1) is 0 Å². The lowest BCUT2D eigenvalue weighted by Crippen LogP contribution is -2.27. The van der Waals surface area contributed by atoms with Gasteiger partial charge in [-0.3, -0.25) is 9.69 Å². The Labute approximate surface area is 126 Å². The molecule has 0 spiro atoms. The third kappa shape index (κ3) is 3.43. The molecule has 1 aliphatic rings. The van der Waals surface area contributed by atoms with Crippen molar-refractivity contribution in [2.45, 2.75) is 6.42 Å². The first-order chi connectivity index (χ1) is 9.85. The zero-order chi connectivity index (χ0) is 15.6. The molecule has 0 saturated carbocycles. The highest BCUT2D eigenvalue weighted by Crippen LogP contribution is 2.31. The summed E-state index contributed by atoms with van der Waals surface area (Å²) < 4.78 is 27.3. The van der Waals surface area contributed by atoms with Crippen molar-refractivity contribution in [3.8, 4) is 11.8 Å². The molecular formula is C12H12ClN3O4S. The lowest BCUT2D eigenvalue weighted by molar-refractivity contribution is -0.117. The number of anilines is 1. The van der Waals surface area contributed by atoms with Gasteiger partial charge in [-0.1, -0.05) is 0 Å². The predicted molar refractivity (Wildman–Crippen MR) is 75.6 cm³/mol. The van der Waals surface area contributed by atoms with Crippen molar-refractivity contribution in [1.82, 2.24) is 4.98 Å². The Kier molecular flexibility index (Phi) is 4.34. The van der Waals surface area contributed by atoms with Crippen molar-refractivity contribution < 1.29 is 17.9 Å². The van der Waals surface area contributed by atoms with Crippen LogP contribution in [0.25, 0.3) is 0 Å². The summed E-state index contributed by atoms with van der Waals surface area (Å²) in [5, 5.41) is 9.20. The van der Waals surface area contributed by atoms with E-state index in [2.05, 4.69) is 4.98 Å². The maximum Gasteiger partial charge on any atom is 0.232 e. The number of aromatic nitrogens is 1. The van der Waals surface area contributed by atoms with Gasteiger partial charge in [0.1, 0.15) is 17.4 Å². The molecule has 1 aliphatic heterocycles. The van der Waals surface area contributed by atoms with Gasteiger partial charge in [0, 0.05) is 35.8 Å². The molecule has 0 radical (unpaired) electrons. The van der Waals surface area contributed by atoms with E-state index >= 15 is 0 Å². The lowest BCUT2D eigenvalue weighted by atomic mass is 10.1. The molecule has 0 aliphatic carbocycles. The van der Waals surface area contributed by atoms with E-state index in [1.807, 2.05) is 6.07 Å². The van der Waals surface area contributed by atoms with E-state index in [9.17, 15) is 18.5 Å². The molecule has 1 amide bonds. The number of rotatable bonds is 4. The maximum atomic E-state index is 12.0. The molecule has 1 fully saturated rings. The number of amides is 1. The zero-order valence-corrected chi connectivity index (χ0v) is 12.7. The van der Waals surface area contributed by atoms with Crippen LogP contribution < -0.4 is 9.64 Å². The Morgan fingerprint density at radius 3 is 2.90 bits per heavy atom. The van der Waals surface area contributed by atoms with Crippen LogP contribution in [0.2, 0.25) is 0 Å². The van der Waals surface area contributed by atoms with Gasteiger partial charge in [0.2, 0.25) is 15.0 Å². The van der Waals surface area contributed by atoms with Crippen LogP contribution in [0.4, 0.5) is 5.82 Å². The minimum absolute atomic E-state index is 0.0513. The topological polar surface area (TPSA) is 100 Å². The second kappa shape index (κ2) is 5.87. The van der Waals surface area contributed by atoms with Gasteiger partial charge < -0.3 is 4.74 Å². The SMILES string of the molecule is COc1ccnc(N2CC(CS(=O)(=O)Cl)CC2=O)c1C#N. The maximum absolute atomic E-state index is 12.0. The van der Waals surface area contributed by atoms with Gasteiger partial charge in [-0.2, -0.15) is 5.26 Å². The summed E-state index contributed by atoms with van der Waals surface area (Å²) in [6, 6.07) is 3.47. The highest BCUT2D eigenvalue weighted by atomic mass is 35.7. The molecule has 1 atom stereocenters. The van der Waals surface area contributed by atoms with E-state index < -0.39 is 15.0 Å². The normalized spacial score (nSPS) is 18.6. The summed E-state index contributed by atoms with van der Waals surface area (Å²) >= 11 is 0. The fraction of sp³-hybridized carbons (Fsp3) is 0.417. The van der Waals surface area contributed by atoms with Crippen LogP contribution in [-0.4, -0.2) is 38.7 Å². The second-order valence-electron chi connectivity index (χ2n) is 4.60. The molecule has 1 unspecified atom stereocenters. The van der Waals surface area contributed by atoms with Crippen LogP contribution in [-0.2, 0) is 13.8 Å². The Hall–Kier alpha value is -1.85. The molecule has 9 heteroatoms. The van der Waals surface area contributed by atoms with Crippen LogP contribution in [0.15, 0.2) is 12.3 Å². The number of carbonyl (C=O) groups is 1. The van der Waals surface area contributed by atoms with Crippen molar-refractivity contribution in [2.75, 3.05) is 24.3 Å². The number of methoxy groups -OCH3 is 1. The zero-order valence-electron chi connectivity index (χ0n) is 11.1. The van der Waals surface area contributed by atoms with Gasteiger partial charge in [-0.05, 0) is 6.07 Å². The number of nitrogens with zero attached hydrogens (tertiary/aromatic N) is 3. The van der Waals surface area contributed by atoms with Gasteiger partial charge in [0.05, 0.1) is 12.9 Å². The molecule has 112 valence electrons. The summed E-state index contributed by atoms with van der Waals surface area (Å²) in [5.41, 5.74) is 0.141. The first-order valence-electron chi connectivity index (χ1n) is 6.01. The summed E-state index contributed by atoms with van der Waals surface area (Å²) in [6.07, 6.45) is 1.48. The lowest BCUT2D eigenvalue weighted by Gasteiger charge is -2.17. The predicted octanol–water partition coefficient (Wildman–Crippen LogP) is 0.883. The molecule has 1 aromatic heterocycles. The first-order valence-corrected chi connectivity index (χ1v) is 8.49. The number of carbonyl (C=O) groups excluding carboxylic acids is 1. The molecule has 0 aromatic carbocycles. The molecule has 21 heavy (non-hydrogen) atoms. The number of ether oxygens (including phenoxy) is 1. The quantitative estimate of drug-likeness (QED) is 0.760. The van der Waals surface area contributed by atoms with Crippen LogP contribution in [0.3, 0.4) is 0 Å². The van der Waals surface area contributed by atoms with Crippen LogP contribution in [0, 0.1) is 17.2 Å². The van der Waals surface area contributed by atoms with Crippen molar-refractivity contribution in [2.24, 2.45) is 5.92 Å². The summed E-state index contributed by atoms with van der Waals surface area (Å²) in [7, 11) is 2.94. The van der Waals surface area contributed by atoms with Crippen molar-refractivity contribution in [1.29, 1.82) is 5.26 Å². The molecule has 7 nitrogen and oxygen atoms in total. The monoisotopic (exact) mass is 329 g/mol. The largest absolute Gasteiger partial charge is 0.495 e. The Morgan fingerprint density at radius 1 is 1.62 bits per heavy atom. The second-order valence-corrected chi connectivity index (χ2v) is 7.43. The Balaban J connectivity index is 2.32. The Morgan fingerprint density at radius 2 is 2.33 bits per heavy atom. The number of hydrogen-bond donors (Lipinski definition) is 0. The number of nitriles is 1. The van der Waals surface area contributed by atoms with Crippen LogP contribution in [0.1, 0.15) is 12.0 Å².